The van der Waals surface area contributed by atoms with E-state index in [9.17, 15) is 14.4 Å². The van der Waals surface area contributed by atoms with E-state index in [1.165, 1.54) is 6.08 Å². The summed E-state index contributed by atoms with van der Waals surface area (Å²) in [6, 6.07) is 20.3. The van der Waals surface area contributed by atoms with Gasteiger partial charge in [-0.15, -0.1) is 0 Å². The third-order valence-electron chi connectivity index (χ3n) is 7.12. The van der Waals surface area contributed by atoms with Crippen molar-refractivity contribution in [2.24, 2.45) is 0 Å². The Bertz CT molecular complexity index is 1460. The van der Waals surface area contributed by atoms with Gasteiger partial charge in [0.15, 0.2) is 0 Å². The van der Waals surface area contributed by atoms with Gasteiger partial charge in [-0.1, -0.05) is 61.0 Å². The van der Waals surface area contributed by atoms with Crippen LogP contribution in [0.2, 0.25) is 5.02 Å². The number of hydrogen-bond donors (Lipinski definition) is 0. The van der Waals surface area contributed by atoms with Crippen molar-refractivity contribution in [3.05, 3.63) is 101 Å². The van der Waals surface area contributed by atoms with Gasteiger partial charge in [-0.2, -0.15) is 0 Å². The van der Waals surface area contributed by atoms with E-state index in [0.29, 0.717) is 22.0 Å². The van der Waals surface area contributed by atoms with Gasteiger partial charge >= 0.3 is 6.03 Å². The second-order valence-electron chi connectivity index (χ2n) is 10.3. The van der Waals surface area contributed by atoms with Gasteiger partial charge in [0.25, 0.3) is 11.8 Å². The lowest BCUT2D eigenvalue weighted by atomic mass is 9.87. The standard InChI is InChI=1S/C32H30ClN3O3/c1-5-16-34-28-19-27(33)22(17-25(28)21(2)20-32(34,3)4)18-26-29(37)35(23-12-8-6-9-13-23)31(39)36(30(26)38)24-14-10-7-11-15-24/h6-15,17-20H,5,16H2,1-4H3. The van der Waals surface area contributed by atoms with Crippen molar-refractivity contribution in [1.29, 1.82) is 0 Å². The number of rotatable bonds is 5. The van der Waals surface area contributed by atoms with Gasteiger partial charge in [-0.05, 0) is 80.8 Å². The summed E-state index contributed by atoms with van der Waals surface area (Å²) in [5.41, 5.74) is 4.05. The molecule has 0 aliphatic carbocycles. The predicted molar refractivity (Wildman–Crippen MR) is 158 cm³/mol. The minimum atomic E-state index is -0.729. The van der Waals surface area contributed by atoms with Gasteiger partial charge in [0.1, 0.15) is 5.57 Å². The monoisotopic (exact) mass is 539 g/mol. The third-order valence-corrected chi connectivity index (χ3v) is 7.45. The topological polar surface area (TPSA) is 60.9 Å². The van der Waals surface area contributed by atoms with Gasteiger partial charge < -0.3 is 4.90 Å². The Hall–Kier alpha value is -4.16. The number of allylic oxidation sites excluding steroid dienone is 1. The zero-order valence-electron chi connectivity index (χ0n) is 22.4. The Kier molecular flexibility index (Phi) is 6.91. The highest BCUT2D eigenvalue weighted by Gasteiger charge is 2.44. The summed E-state index contributed by atoms with van der Waals surface area (Å²) >= 11 is 6.81. The fraction of sp³-hybridized carbons (Fsp3) is 0.219. The van der Waals surface area contributed by atoms with Crippen molar-refractivity contribution < 1.29 is 14.4 Å². The summed E-state index contributed by atoms with van der Waals surface area (Å²) in [6.45, 7) is 9.40. The molecule has 2 aliphatic rings. The highest BCUT2D eigenvalue weighted by atomic mass is 35.5. The summed E-state index contributed by atoms with van der Waals surface area (Å²) in [6.07, 6.45) is 4.70. The van der Waals surface area contributed by atoms with Crippen molar-refractivity contribution >= 4 is 58.2 Å². The van der Waals surface area contributed by atoms with Gasteiger partial charge in [0, 0.05) is 22.8 Å². The van der Waals surface area contributed by atoms with Crippen molar-refractivity contribution in [2.45, 2.75) is 39.7 Å². The molecule has 0 aromatic heterocycles. The zero-order chi connectivity index (χ0) is 27.9. The molecule has 3 aromatic rings. The number of imide groups is 2. The average molecular weight is 540 g/mol. The van der Waals surface area contributed by atoms with E-state index in [4.69, 9.17) is 11.6 Å². The summed E-state index contributed by atoms with van der Waals surface area (Å²) in [5, 5.41) is 0.419. The number of carbonyl (C=O) groups excluding carboxylic acids is 3. The van der Waals surface area contributed by atoms with Crippen LogP contribution in [0.5, 0.6) is 0 Å². The van der Waals surface area contributed by atoms with Crippen LogP contribution < -0.4 is 14.7 Å². The highest BCUT2D eigenvalue weighted by Crippen LogP contribution is 2.42. The van der Waals surface area contributed by atoms with E-state index < -0.39 is 17.8 Å². The number of hydrogen-bond acceptors (Lipinski definition) is 4. The molecule has 7 heteroatoms. The maximum Gasteiger partial charge on any atom is 0.343 e. The molecule has 6 nitrogen and oxygen atoms in total. The number of urea groups is 1. The molecule has 4 amide bonds. The average Bonchev–Trinajstić information content (AvgIpc) is 2.90. The Labute approximate surface area is 233 Å². The molecule has 198 valence electrons. The van der Waals surface area contributed by atoms with Crippen LogP contribution in [0.1, 0.15) is 45.2 Å². The van der Waals surface area contributed by atoms with Gasteiger partial charge in [0.2, 0.25) is 0 Å². The molecular weight excluding hydrogens is 510 g/mol. The number of benzene rings is 3. The third kappa shape index (κ3) is 4.66. The van der Waals surface area contributed by atoms with Crippen LogP contribution in [0.4, 0.5) is 21.9 Å². The Morgan fingerprint density at radius 2 is 1.38 bits per heavy atom. The molecule has 5 rings (SSSR count). The molecule has 3 aromatic carbocycles. The van der Waals surface area contributed by atoms with E-state index >= 15 is 0 Å². The molecule has 1 saturated heterocycles. The Morgan fingerprint density at radius 1 is 0.846 bits per heavy atom. The highest BCUT2D eigenvalue weighted by molar-refractivity contribution is 6.46. The number of fused-ring (bicyclic) bond motifs is 1. The first-order valence-electron chi connectivity index (χ1n) is 13.0. The number of barbiturate groups is 1. The maximum absolute atomic E-state index is 13.7. The number of halogens is 1. The molecule has 0 unspecified atom stereocenters. The lowest BCUT2D eigenvalue weighted by Crippen LogP contribution is -2.57. The fourth-order valence-corrected chi connectivity index (χ4v) is 5.56. The number of anilines is 3. The van der Waals surface area contributed by atoms with E-state index in [2.05, 4.69) is 38.7 Å². The number of carbonyl (C=O) groups is 3. The molecule has 0 bridgehead atoms. The minimum absolute atomic E-state index is 0.146. The first-order valence-corrected chi connectivity index (χ1v) is 13.4. The van der Waals surface area contributed by atoms with Crippen LogP contribution in [0.25, 0.3) is 11.6 Å². The van der Waals surface area contributed by atoms with Crippen LogP contribution in [-0.2, 0) is 9.59 Å². The summed E-state index contributed by atoms with van der Waals surface area (Å²) in [5.74, 6) is -1.39. The second kappa shape index (κ2) is 10.2. The van der Waals surface area contributed by atoms with Crippen LogP contribution >= 0.6 is 11.6 Å². The number of amides is 4. The molecule has 1 fully saturated rings. The minimum Gasteiger partial charge on any atom is -0.362 e. The van der Waals surface area contributed by atoms with Crippen molar-refractivity contribution in [1.82, 2.24) is 0 Å². The molecule has 0 N–H and O–H groups in total. The SMILES string of the molecule is CCCN1c2cc(Cl)c(C=C3C(=O)N(c4ccccc4)C(=O)N(c4ccccc4)C3=O)cc2C(C)=CC1(C)C. The first kappa shape index (κ1) is 26.4. The van der Waals surface area contributed by atoms with Crippen LogP contribution in [-0.4, -0.2) is 29.9 Å². The van der Waals surface area contributed by atoms with Gasteiger partial charge in [0.05, 0.1) is 16.9 Å². The summed E-state index contributed by atoms with van der Waals surface area (Å²) < 4.78 is 0. The molecule has 0 saturated carbocycles. The van der Waals surface area contributed by atoms with Crippen LogP contribution in [0.3, 0.4) is 0 Å². The predicted octanol–water partition coefficient (Wildman–Crippen LogP) is 7.34. The van der Waals surface area contributed by atoms with E-state index in [-0.39, 0.29) is 11.1 Å². The number of para-hydroxylation sites is 2. The molecule has 39 heavy (non-hydrogen) atoms. The summed E-state index contributed by atoms with van der Waals surface area (Å²) in [4.78, 5) is 45.4. The summed E-state index contributed by atoms with van der Waals surface area (Å²) in [7, 11) is 0. The lowest BCUT2D eigenvalue weighted by Gasteiger charge is -2.43. The molecule has 0 spiro atoms. The van der Waals surface area contributed by atoms with E-state index in [0.717, 1.165) is 39.6 Å². The molecular formula is C32H30ClN3O3. The largest absolute Gasteiger partial charge is 0.362 e. The van der Waals surface area contributed by atoms with Crippen molar-refractivity contribution in [2.75, 3.05) is 21.2 Å². The Morgan fingerprint density at radius 3 is 1.90 bits per heavy atom. The van der Waals surface area contributed by atoms with Crippen LogP contribution in [0, 0.1) is 0 Å². The fourth-order valence-electron chi connectivity index (χ4n) is 5.35. The zero-order valence-corrected chi connectivity index (χ0v) is 23.2. The maximum atomic E-state index is 13.7. The van der Waals surface area contributed by atoms with Crippen molar-refractivity contribution in [3.8, 4) is 0 Å². The molecule has 0 radical (unpaired) electrons. The first-order chi connectivity index (χ1) is 18.6. The number of nitrogens with zero attached hydrogens (tertiary/aromatic N) is 3. The van der Waals surface area contributed by atoms with Crippen molar-refractivity contribution in [3.63, 3.8) is 0 Å². The van der Waals surface area contributed by atoms with Gasteiger partial charge in [-0.25, -0.2) is 14.6 Å². The normalized spacial score (nSPS) is 16.8. The molecule has 0 atom stereocenters. The van der Waals surface area contributed by atoms with E-state index in [1.807, 2.05) is 12.1 Å². The Balaban J connectivity index is 1.66. The van der Waals surface area contributed by atoms with Crippen LogP contribution in [0.15, 0.2) is 84.4 Å². The van der Waals surface area contributed by atoms with Gasteiger partial charge in [-0.3, -0.25) is 9.59 Å². The smallest absolute Gasteiger partial charge is 0.343 e. The lowest BCUT2D eigenvalue weighted by molar-refractivity contribution is -0.121. The van der Waals surface area contributed by atoms with E-state index in [1.54, 1.807) is 60.7 Å². The second-order valence-corrected chi connectivity index (χ2v) is 10.7. The molecule has 2 aliphatic heterocycles. The molecule has 2 heterocycles. The quantitative estimate of drug-likeness (QED) is 0.251.